The van der Waals surface area contributed by atoms with Gasteiger partial charge in [0.15, 0.2) is 0 Å². The van der Waals surface area contributed by atoms with Gasteiger partial charge in [0.05, 0.1) is 0 Å². The Morgan fingerprint density at radius 2 is 1.48 bits per heavy atom. The molecule has 0 N–H and O–H groups in total. The summed E-state index contributed by atoms with van der Waals surface area (Å²) in [5.41, 5.74) is 7.54. The Balaban J connectivity index is 2.06. The second-order valence-corrected chi connectivity index (χ2v) is 8.18. The number of hydrogen-bond acceptors (Lipinski definition) is 1. The van der Waals surface area contributed by atoms with Gasteiger partial charge in [-0.1, -0.05) is 81.8 Å². The number of benzene rings is 3. The van der Waals surface area contributed by atoms with Crippen molar-refractivity contribution in [2.75, 3.05) is 4.90 Å². The highest BCUT2D eigenvalue weighted by Gasteiger charge is 2.23. The summed E-state index contributed by atoms with van der Waals surface area (Å²) < 4.78 is 0. The molecule has 0 spiro atoms. The fraction of sp³-hybridized carbons (Fsp3) is 0.286. The first-order chi connectivity index (χ1) is 14.0. The Morgan fingerprint density at radius 1 is 0.862 bits per heavy atom. The lowest BCUT2D eigenvalue weighted by Crippen LogP contribution is -2.20. The Bertz CT molecular complexity index is 937. The SMILES string of the molecule is C=Cc1cccc(N(c2ccc(C)cc2)c2ccc(C(C)(CC)CCC)cc2)c1. The summed E-state index contributed by atoms with van der Waals surface area (Å²) in [6.07, 6.45) is 5.47. The molecule has 3 aromatic rings. The Morgan fingerprint density at radius 3 is 2.03 bits per heavy atom. The third kappa shape index (κ3) is 4.62. The van der Waals surface area contributed by atoms with Crippen LogP contribution in [0, 0.1) is 6.92 Å². The van der Waals surface area contributed by atoms with Crippen molar-refractivity contribution in [1.82, 2.24) is 0 Å². The summed E-state index contributed by atoms with van der Waals surface area (Å²) in [6, 6.07) is 26.4. The molecule has 29 heavy (non-hydrogen) atoms. The maximum Gasteiger partial charge on any atom is 0.0467 e. The molecule has 1 atom stereocenters. The van der Waals surface area contributed by atoms with Crippen LogP contribution >= 0.6 is 0 Å². The number of nitrogens with zero attached hydrogens (tertiary/aromatic N) is 1. The highest BCUT2D eigenvalue weighted by molar-refractivity contribution is 5.77. The average Bonchev–Trinajstić information content (AvgIpc) is 2.76. The van der Waals surface area contributed by atoms with Gasteiger partial charge < -0.3 is 4.90 Å². The molecule has 0 aliphatic carbocycles. The van der Waals surface area contributed by atoms with Gasteiger partial charge in [0.25, 0.3) is 0 Å². The summed E-state index contributed by atoms with van der Waals surface area (Å²) in [6.45, 7) is 13.0. The molecule has 0 fully saturated rings. The predicted octanol–water partition coefficient (Wildman–Crippen LogP) is 8.58. The van der Waals surface area contributed by atoms with E-state index >= 15 is 0 Å². The van der Waals surface area contributed by atoms with Crippen LogP contribution in [0.5, 0.6) is 0 Å². The Kier molecular flexibility index (Phi) is 6.59. The van der Waals surface area contributed by atoms with Gasteiger partial charge in [0.2, 0.25) is 0 Å². The first-order valence-corrected chi connectivity index (χ1v) is 10.7. The fourth-order valence-electron chi connectivity index (χ4n) is 4.02. The van der Waals surface area contributed by atoms with Crippen LogP contribution in [-0.4, -0.2) is 0 Å². The lowest BCUT2D eigenvalue weighted by molar-refractivity contribution is 0.414. The van der Waals surface area contributed by atoms with Gasteiger partial charge in [-0.3, -0.25) is 0 Å². The van der Waals surface area contributed by atoms with Crippen LogP contribution in [0.15, 0.2) is 79.4 Å². The second kappa shape index (κ2) is 9.13. The van der Waals surface area contributed by atoms with Crippen molar-refractivity contribution < 1.29 is 0 Å². The Labute approximate surface area is 176 Å². The normalized spacial score (nSPS) is 13.0. The van der Waals surface area contributed by atoms with Gasteiger partial charge in [0, 0.05) is 17.1 Å². The molecule has 0 saturated carbocycles. The first-order valence-electron chi connectivity index (χ1n) is 10.7. The van der Waals surface area contributed by atoms with E-state index in [1.54, 1.807) is 0 Å². The van der Waals surface area contributed by atoms with E-state index in [9.17, 15) is 0 Å². The summed E-state index contributed by atoms with van der Waals surface area (Å²) in [4.78, 5) is 2.32. The zero-order valence-corrected chi connectivity index (χ0v) is 18.3. The fourth-order valence-corrected chi connectivity index (χ4v) is 4.02. The zero-order chi connectivity index (χ0) is 20.9. The van der Waals surface area contributed by atoms with Crippen molar-refractivity contribution in [3.8, 4) is 0 Å². The number of rotatable bonds is 8. The van der Waals surface area contributed by atoms with E-state index < -0.39 is 0 Å². The van der Waals surface area contributed by atoms with Crippen LogP contribution in [0.25, 0.3) is 6.08 Å². The van der Waals surface area contributed by atoms with E-state index in [1.165, 1.54) is 29.7 Å². The summed E-state index contributed by atoms with van der Waals surface area (Å²) in [5.74, 6) is 0. The van der Waals surface area contributed by atoms with Crippen molar-refractivity contribution >= 4 is 23.1 Å². The smallest absolute Gasteiger partial charge is 0.0467 e. The van der Waals surface area contributed by atoms with Gasteiger partial charge in [0.1, 0.15) is 0 Å². The van der Waals surface area contributed by atoms with Crippen molar-refractivity contribution in [1.29, 1.82) is 0 Å². The minimum Gasteiger partial charge on any atom is -0.310 e. The minimum atomic E-state index is 0.241. The minimum absolute atomic E-state index is 0.241. The Hall–Kier alpha value is -2.80. The maximum absolute atomic E-state index is 3.94. The molecule has 0 radical (unpaired) electrons. The molecule has 0 bridgehead atoms. The molecular formula is C28H33N. The molecule has 3 rings (SSSR count). The second-order valence-electron chi connectivity index (χ2n) is 8.18. The topological polar surface area (TPSA) is 3.24 Å². The van der Waals surface area contributed by atoms with E-state index in [-0.39, 0.29) is 5.41 Å². The summed E-state index contributed by atoms with van der Waals surface area (Å²) in [7, 11) is 0. The number of aryl methyl sites for hydroxylation is 1. The highest BCUT2D eigenvalue weighted by atomic mass is 15.1. The lowest BCUT2D eigenvalue weighted by Gasteiger charge is -2.30. The first kappa shape index (κ1) is 20.9. The molecule has 0 aromatic heterocycles. The molecule has 1 unspecified atom stereocenters. The summed E-state index contributed by atoms with van der Waals surface area (Å²) in [5, 5.41) is 0. The zero-order valence-electron chi connectivity index (χ0n) is 18.3. The van der Waals surface area contributed by atoms with Crippen LogP contribution in [-0.2, 0) is 5.41 Å². The molecule has 0 saturated heterocycles. The molecule has 0 heterocycles. The van der Waals surface area contributed by atoms with Crippen molar-refractivity contribution in [2.45, 2.75) is 52.4 Å². The highest BCUT2D eigenvalue weighted by Crippen LogP contribution is 2.38. The van der Waals surface area contributed by atoms with Gasteiger partial charge in [-0.25, -0.2) is 0 Å². The lowest BCUT2D eigenvalue weighted by atomic mass is 9.76. The molecule has 150 valence electrons. The van der Waals surface area contributed by atoms with E-state index in [2.05, 4.69) is 112 Å². The standard InChI is InChI=1S/C28H33N/c1-6-20-28(5,8-3)24-14-18-26(19-15-24)29(25-16-12-22(4)13-17-25)27-11-9-10-23(7-2)21-27/h7,9-19,21H,2,6,8,20H2,1,3-5H3. The molecule has 0 aliphatic heterocycles. The average molecular weight is 384 g/mol. The van der Waals surface area contributed by atoms with Crippen LogP contribution < -0.4 is 4.90 Å². The van der Waals surface area contributed by atoms with Crippen molar-refractivity contribution in [3.63, 3.8) is 0 Å². The quantitative estimate of drug-likeness (QED) is 0.376. The van der Waals surface area contributed by atoms with Crippen LogP contribution in [0.2, 0.25) is 0 Å². The molecule has 1 nitrogen and oxygen atoms in total. The van der Waals surface area contributed by atoms with E-state index in [0.29, 0.717) is 0 Å². The van der Waals surface area contributed by atoms with Crippen LogP contribution in [0.4, 0.5) is 17.1 Å². The maximum atomic E-state index is 3.94. The largest absolute Gasteiger partial charge is 0.310 e. The third-order valence-electron chi connectivity index (χ3n) is 6.06. The van der Waals surface area contributed by atoms with Crippen LogP contribution in [0.1, 0.15) is 56.7 Å². The third-order valence-corrected chi connectivity index (χ3v) is 6.06. The monoisotopic (exact) mass is 383 g/mol. The van der Waals surface area contributed by atoms with Crippen LogP contribution in [0.3, 0.4) is 0 Å². The van der Waals surface area contributed by atoms with Crippen molar-refractivity contribution in [3.05, 3.63) is 96.1 Å². The molecule has 1 heteroatoms. The molecule has 0 amide bonds. The summed E-state index contributed by atoms with van der Waals surface area (Å²) >= 11 is 0. The van der Waals surface area contributed by atoms with E-state index in [4.69, 9.17) is 0 Å². The van der Waals surface area contributed by atoms with Gasteiger partial charge in [-0.15, -0.1) is 0 Å². The van der Waals surface area contributed by atoms with Crippen molar-refractivity contribution in [2.24, 2.45) is 0 Å². The predicted molar refractivity (Wildman–Crippen MR) is 129 cm³/mol. The van der Waals surface area contributed by atoms with E-state index in [1.807, 2.05) is 6.08 Å². The van der Waals surface area contributed by atoms with Gasteiger partial charge >= 0.3 is 0 Å². The molecular weight excluding hydrogens is 350 g/mol. The van der Waals surface area contributed by atoms with Gasteiger partial charge in [-0.2, -0.15) is 0 Å². The number of anilines is 3. The van der Waals surface area contributed by atoms with Gasteiger partial charge in [-0.05, 0) is 72.7 Å². The number of hydrogen-bond donors (Lipinski definition) is 0. The van der Waals surface area contributed by atoms with E-state index in [0.717, 1.165) is 23.4 Å². The molecule has 0 aliphatic rings. The molecule has 3 aromatic carbocycles.